The van der Waals surface area contributed by atoms with Crippen LogP contribution in [-0.4, -0.2) is 58.2 Å². The van der Waals surface area contributed by atoms with Crippen LogP contribution in [0.25, 0.3) is 10.2 Å². The maximum Gasteiger partial charge on any atom is 0.230 e. The Bertz CT molecular complexity index is 892. The van der Waals surface area contributed by atoms with Gasteiger partial charge in [0.25, 0.3) is 0 Å². The third-order valence-corrected chi connectivity index (χ3v) is 7.28. The lowest BCUT2D eigenvalue weighted by Gasteiger charge is -2.21. The number of hydrogen-bond acceptors (Lipinski definition) is 6. The molecule has 1 aliphatic heterocycles. The van der Waals surface area contributed by atoms with Gasteiger partial charge in [0, 0.05) is 31.1 Å². The normalized spacial score (nSPS) is 22.3. The molecule has 2 fully saturated rings. The first-order valence-corrected chi connectivity index (χ1v) is 10.9. The quantitative estimate of drug-likeness (QED) is 0.873. The molecule has 0 radical (unpaired) electrons. The Labute approximate surface area is 163 Å². The van der Waals surface area contributed by atoms with Crippen LogP contribution < -0.4 is 4.90 Å². The fourth-order valence-corrected chi connectivity index (χ4v) is 5.64. The van der Waals surface area contributed by atoms with E-state index in [9.17, 15) is 9.90 Å². The minimum absolute atomic E-state index is 0.0206. The summed E-state index contributed by atoms with van der Waals surface area (Å²) in [7, 11) is 2.13. The van der Waals surface area contributed by atoms with Crippen molar-refractivity contribution in [3.8, 4) is 0 Å². The van der Waals surface area contributed by atoms with Crippen LogP contribution in [0.1, 0.15) is 48.4 Å². The molecule has 1 N–H and O–H groups in total. The highest BCUT2D eigenvalue weighted by Crippen LogP contribution is 2.41. The van der Waals surface area contributed by atoms with Crippen LogP contribution in [0.4, 0.5) is 5.82 Å². The molecule has 2 aromatic heterocycles. The number of nitrogens with zero attached hydrogens (tertiary/aromatic N) is 4. The molecule has 2 aliphatic carbocycles. The van der Waals surface area contributed by atoms with Gasteiger partial charge in [-0.2, -0.15) is 0 Å². The molecule has 7 heteroatoms. The number of carbonyl (C=O) groups is 1. The number of aromatic nitrogens is 2. The average Bonchev–Trinajstić information content (AvgIpc) is 3.31. The number of likely N-dealkylation sites (tertiary alicyclic amines) is 1. The molecule has 6 nitrogen and oxygen atoms in total. The number of rotatable bonds is 4. The zero-order chi connectivity index (χ0) is 18.5. The standard InChI is InChI=1S/C20H26N4O2S/c1-23(12-6-7-12)19-18-14-4-2-3-5-15(14)27-20(18)22-16(21-19)10-17(26)24-9-8-13(25)11-24/h12-13,25H,2-11H2,1H3/t13-/m0/s1. The van der Waals surface area contributed by atoms with Crippen molar-refractivity contribution in [2.45, 2.75) is 63.5 Å². The summed E-state index contributed by atoms with van der Waals surface area (Å²) >= 11 is 1.79. The van der Waals surface area contributed by atoms with Crippen LogP contribution in [0.2, 0.25) is 0 Å². The third-order valence-electron chi connectivity index (χ3n) is 6.10. The van der Waals surface area contributed by atoms with E-state index >= 15 is 0 Å². The van der Waals surface area contributed by atoms with Gasteiger partial charge in [0.05, 0.1) is 17.9 Å². The highest BCUT2D eigenvalue weighted by Gasteiger charge is 2.32. The molecule has 1 saturated carbocycles. The maximum atomic E-state index is 12.6. The fourth-order valence-electron chi connectivity index (χ4n) is 4.37. The van der Waals surface area contributed by atoms with Crippen LogP contribution in [0.3, 0.4) is 0 Å². The van der Waals surface area contributed by atoms with Gasteiger partial charge in [-0.1, -0.05) is 0 Å². The summed E-state index contributed by atoms with van der Waals surface area (Å²) in [6.07, 6.45) is 7.68. The van der Waals surface area contributed by atoms with Gasteiger partial charge in [-0.15, -0.1) is 11.3 Å². The van der Waals surface area contributed by atoms with E-state index < -0.39 is 6.10 Å². The summed E-state index contributed by atoms with van der Waals surface area (Å²) < 4.78 is 0. The molecule has 27 heavy (non-hydrogen) atoms. The zero-order valence-corrected chi connectivity index (χ0v) is 16.6. The summed E-state index contributed by atoms with van der Waals surface area (Å²) in [5.41, 5.74) is 1.45. The Morgan fingerprint density at radius 1 is 1.26 bits per heavy atom. The molecule has 0 spiro atoms. The van der Waals surface area contributed by atoms with Gasteiger partial charge in [0.1, 0.15) is 16.5 Å². The van der Waals surface area contributed by atoms with Crippen molar-refractivity contribution < 1.29 is 9.90 Å². The van der Waals surface area contributed by atoms with Crippen LogP contribution >= 0.6 is 11.3 Å². The van der Waals surface area contributed by atoms with Crippen molar-refractivity contribution in [3.63, 3.8) is 0 Å². The highest BCUT2D eigenvalue weighted by molar-refractivity contribution is 7.19. The van der Waals surface area contributed by atoms with Gasteiger partial charge >= 0.3 is 0 Å². The van der Waals surface area contributed by atoms with Gasteiger partial charge in [-0.05, 0) is 50.5 Å². The molecular formula is C20H26N4O2S. The molecule has 5 rings (SSSR count). The van der Waals surface area contributed by atoms with Crippen LogP contribution in [0.15, 0.2) is 0 Å². The number of aryl methyl sites for hydroxylation is 2. The number of fused-ring (bicyclic) bond motifs is 3. The number of thiophene rings is 1. The van der Waals surface area contributed by atoms with Gasteiger partial charge in [0.15, 0.2) is 0 Å². The van der Waals surface area contributed by atoms with Gasteiger partial charge in [-0.25, -0.2) is 9.97 Å². The lowest BCUT2D eigenvalue weighted by molar-refractivity contribution is -0.129. The lowest BCUT2D eigenvalue weighted by Crippen LogP contribution is -2.31. The Balaban J connectivity index is 1.52. The molecule has 1 atom stereocenters. The molecule has 3 aliphatic rings. The molecule has 0 aromatic carbocycles. The molecule has 0 unspecified atom stereocenters. The van der Waals surface area contributed by atoms with Crippen molar-refractivity contribution in [1.82, 2.24) is 14.9 Å². The molecular weight excluding hydrogens is 360 g/mol. The van der Waals surface area contributed by atoms with Crippen molar-refractivity contribution in [2.75, 3.05) is 25.0 Å². The number of amides is 1. The van der Waals surface area contributed by atoms with Crippen molar-refractivity contribution >= 4 is 33.3 Å². The number of aliphatic hydroxyl groups is 1. The van der Waals surface area contributed by atoms with E-state index in [0.717, 1.165) is 23.5 Å². The number of β-amino-alcohol motifs (C(OH)–C–C–N with tert-alkyl or cyclic N) is 1. The number of anilines is 1. The maximum absolute atomic E-state index is 12.6. The zero-order valence-electron chi connectivity index (χ0n) is 15.8. The predicted octanol–water partition coefficient (Wildman–Crippen LogP) is 2.30. The first kappa shape index (κ1) is 17.4. The number of hydrogen-bond donors (Lipinski definition) is 1. The number of aliphatic hydroxyl groups excluding tert-OH is 1. The van der Waals surface area contributed by atoms with Crippen molar-refractivity contribution in [1.29, 1.82) is 0 Å². The molecule has 144 valence electrons. The third kappa shape index (κ3) is 3.21. The summed E-state index contributed by atoms with van der Waals surface area (Å²) in [6.45, 7) is 1.06. The second-order valence-corrected chi connectivity index (χ2v) is 9.24. The number of carbonyl (C=O) groups excluding carboxylic acids is 1. The Morgan fingerprint density at radius 3 is 2.81 bits per heavy atom. The van der Waals surface area contributed by atoms with Crippen molar-refractivity contribution in [2.24, 2.45) is 0 Å². The van der Waals surface area contributed by atoms with Gasteiger partial charge in [0.2, 0.25) is 5.91 Å². The van der Waals surface area contributed by atoms with Crippen LogP contribution in [0, 0.1) is 0 Å². The molecule has 1 amide bonds. The SMILES string of the molecule is CN(c1nc(CC(=O)N2CC[C@H](O)C2)nc2sc3c(c12)CCCC3)C1CC1. The average molecular weight is 387 g/mol. The van der Waals surface area contributed by atoms with E-state index in [1.54, 1.807) is 16.2 Å². The Hall–Kier alpha value is -1.73. The van der Waals surface area contributed by atoms with E-state index in [0.29, 0.717) is 31.4 Å². The second kappa shape index (κ2) is 6.71. The van der Waals surface area contributed by atoms with Crippen LogP contribution in [0.5, 0.6) is 0 Å². The first-order chi connectivity index (χ1) is 13.1. The van der Waals surface area contributed by atoms with E-state index in [4.69, 9.17) is 9.97 Å². The highest BCUT2D eigenvalue weighted by atomic mass is 32.1. The van der Waals surface area contributed by atoms with E-state index in [1.807, 2.05) is 0 Å². The summed E-state index contributed by atoms with van der Waals surface area (Å²) in [5, 5.41) is 10.9. The van der Waals surface area contributed by atoms with E-state index in [1.165, 1.54) is 41.5 Å². The fraction of sp³-hybridized carbons (Fsp3) is 0.650. The molecule has 0 bridgehead atoms. The largest absolute Gasteiger partial charge is 0.391 e. The minimum atomic E-state index is -0.391. The monoisotopic (exact) mass is 386 g/mol. The smallest absolute Gasteiger partial charge is 0.230 e. The molecule has 1 saturated heterocycles. The van der Waals surface area contributed by atoms with Crippen LogP contribution in [-0.2, 0) is 24.1 Å². The van der Waals surface area contributed by atoms with Gasteiger partial charge in [-0.3, -0.25) is 4.79 Å². The van der Waals surface area contributed by atoms with Crippen molar-refractivity contribution in [3.05, 3.63) is 16.3 Å². The summed E-state index contributed by atoms with van der Waals surface area (Å²) in [6, 6.07) is 0.569. The Morgan fingerprint density at radius 2 is 2.07 bits per heavy atom. The predicted molar refractivity (Wildman–Crippen MR) is 106 cm³/mol. The van der Waals surface area contributed by atoms with E-state index in [-0.39, 0.29) is 12.3 Å². The first-order valence-electron chi connectivity index (χ1n) is 10.1. The van der Waals surface area contributed by atoms with Gasteiger partial charge < -0.3 is 14.9 Å². The summed E-state index contributed by atoms with van der Waals surface area (Å²) in [5.74, 6) is 1.66. The topological polar surface area (TPSA) is 69.6 Å². The minimum Gasteiger partial charge on any atom is -0.391 e. The lowest BCUT2D eigenvalue weighted by atomic mass is 9.97. The molecule has 2 aromatic rings. The van der Waals surface area contributed by atoms with E-state index in [2.05, 4.69) is 11.9 Å². The Kier molecular flexibility index (Phi) is 4.31. The summed E-state index contributed by atoms with van der Waals surface area (Å²) in [4.78, 5) is 28.9. The molecule has 3 heterocycles. The second-order valence-electron chi connectivity index (χ2n) is 8.16.